The summed E-state index contributed by atoms with van der Waals surface area (Å²) in [4.78, 5) is 12.7. The predicted octanol–water partition coefficient (Wildman–Crippen LogP) is 2.89. The molecule has 0 aliphatic heterocycles. The fourth-order valence-corrected chi connectivity index (χ4v) is 2.96. The molecular weight excluding hydrogens is 358 g/mol. The smallest absolute Gasteiger partial charge is 0.266 e. The number of anilines is 1. The number of hydrogen-bond acceptors (Lipinski definition) is 5. The number of oxime groups is 1. The number of rotatable bonds is 5. The number of nitrogens with one attached hydrogen (secondary N) is 1. The highest BCUT2D eigenvalue weighted by Gasteiger charge is 2.14. The van der Waals surface area contributed by atoms with Crippen molar-refractivity contribution in [1.82, 2.24) is 0 Å². The molecule has 0 atom stereocenters. The van der Waals surface area contributed by atoms with Gasteiger partial charge in [-0.05, 0) is 39.5 Å². The molecule has 1 heterocycles. The molecule has 1 aromatic carbocycles. The number of benzene rings is 1. The molecule has 0 saturated carbocycles. The summed E-state index contributed by atoms with van der Waals surface area (Å²) in [5.41, 5.74) is 5.86. The molecule has 6 nitrogen and oxygen atoms in total. The van der Waals surface area contributed by atoms with E-state index in [0.717, 1.165) is 4.47 Å². The Morgan fingerprint density at radius 2 is 2.19 bits per heavy atom. The number of carbonyl (C=O) groups excluding carboxylic acids is 1. The summed E-state index contributed by atoms with van der Waals surface area (Å²) < 4.78 is 6.14. The maximum Gasteiger partial charge on any atom is 0.266 e. The van der Waals surface area contributed by atoms with Crippen molar-refractivity contribution in [2.75, 3.05) is 11.9 Å². The first-order chi connectivity index (χ1) is 10.1. The van der Waals surface area contributed by atoms with Crippen LogP contribution in [0.15, 0.2) is 45.3 Å². The molecule has 0 aliphatic carbocycles. The molecule has 0 aliphatic rings. The van der Waals surface area contributed by atoms with E-state index in [4.69, 9.17) is 15.7 Å². The first-order valence-corrected chi connectivity index (χ1v) is 7.51. The number of nitrogens with zero attached hydrogens (tertiary/aromatic N) is 1. The van der Waals surface area contributed by atoms with Gasteiger partial charge in [-0.1, -0.05) is 17.3 Å². The van der Waals surface area contributed by atoms with Gasteiger partial charge in [-0.25, -0.2) is 0 Å². The number of halogens is 1. The minimum absolute atomic E-state index is 0.0582. The third-order valence-corrected chi connectivity index (χ3v) is 4.30. The Hall–Kier alpha value is -2.06. The van der Waals surface area contributed by atoms with Gasteiger partial charge in [0.2, 0.25) is 0 Å². The van der Waals surface area contributed by atoms with Gasteiger partial charge in [0.15, 0.2) is 5.84 Å². The van der Waals surface area contributed by atoms with E-state index >= 15 is 0 Å². The van der Waals surface area contributed by atoms with E-state index in [9.17, 15) is 4.79 Å². The number of ether oxygens (including phenoxy) is 1. The van der Waals surface area contributed by atoms with Gasteiger partial charge in [0.05, 0.1) is 5.69 Å². The van der Waals surface area contributed by atoms with Crippen LogP contribution in [0.3, 0.4) is 0 Å². The van der Waals surface area contributed by atoms with Crippen molar-refractivity contribution in [1.29, 1.82) is 0 Å². The Labute approximate surface area is 133 Å². The largest absolute Gasteiger partial charge is 0.483 e. The molecule has 2 rings (SSSR count). The number of amides is 1. The summed E-state index contributed by atoms with van der Waals surface area (Å²) in [5.74, 6) is 0.138. The first kappa shape index (κ1) is 15.3. The summed E-state index contributed by atoms with van der Waals surface area (Å²) in [7, 11) is 0. The fourth-order valence-electron chi connectivity index (χ4n) is 1.51. The van der Waals surface area contributed by atoms with Crippen LogP contribution < -0.4 is 15.8 Å². The van der Waals surface area contributed by atoms with Crippen LogP contribution >= 0.6 is 27.3 Å². The van der Waals surface area contributed by atoms with Crippen LogP contribution in [-0.2, 0) is 0 Å². The molecule has 1 amide bonds. The van der Waals surface area contributed by atoms with E-state index in [2.05, 4.69) is 26.4 Å². The molecule has 110 valence electrons. The van der Waals surface area contributed by atoms with Crippen LogP contribution in [0.1, 0.15) is 9.67 Å². The van der Waals surface area contributed by atoms with E-state index in [0.29, 0.717) is 16.3 Å². The first-order valence-electron chi connectivity index (χ1n) is 5.84. The molecule has 2 aromatic rings. The van der Waals surface area contributed by atoms with Crippen molar-refractivity contribution in [2.24, 2.45) is 10.9 Å². The van der Waals surface area contributed by atoms with Crippen molar-refractivity contribution in [3.63, 3.8) is 0 Å². The van der Waals surface area contributed by atoms with E-state index < -0.39 is 0 Å². The van der Waals surface area contributed by atoms with E-state index in [1.54, 1.807) is 30.3 Å². The highest BCUT2D eigenvalue weighted by Crippen LogP contribution is 2.27. The minimum atomic E-state index is -0.239. The van der Waals surface area contributed by atoms with Gasteiger partial charge in [0.1, 0.15) is 17.2 Å². The van der Waals surface area contributed by atoms with Gasteiger partial charge < -0.3 is 21.0 Å². The van der Waals surface area contributed by atoms with Gasteiger partial charge in [-0.15, -0.1) is 11.3 Å². The number of thiophene rings is 1. The summed E-state index contributed by atoms with van der Waals surface area (Å²) in [6.45, 7) is -0.0773. The summed E-state index contributed by atoms with van der Waals surface area (Å²) in [6.07, 6.45) is 0. The van der Waals surface area contributed by atoms with Gasteiger partial charge in [-0.2, -0.15) is 0 Å². The quantitative estimate of drug-likeness (QED) is 0.326. The Morgan fingerprint density at radius 3 is 2.86 bits per heavy atom. The number of carbonyl (C=O) groups is 1. The molecule has 0 fully saturated rings. The zero-order valence-electron chi connectivity index (χ0n) is 10.7. The van der Waals surface area contributed by atoms with Crippen molar-refractivity contribution in [3.8, 4) is 5.75 Å². The molecule has 8 heteroatoms. The lowest BCUT2D eigenvalue weighted by atomic mass is 10.3. The van der Waals surface area contributed by atoms with Crippen LogP contribution in [0.2, 0.25) is 0 Å². The Bertz CT molecular complexity index is 672. The second kappa shape index (κ2) is 7.09. The molecule has 0 radical (unpaired) electrons. The van der Waals surface area contributed by atoms with Crippen molar-refractivity contribution >= 4 is 44.7 Å². The van der Waals surface area contributed by atoms with Crippen LogP contribution in [0, 0.1) is 0 Å². The Morgan fingerprint density at radius 1 is 1.43 bits per heavy atom. The van der Waals surface area contributed by atoms with Crippen LogP contribution in [0.4, 0.5) is 5.69 Å². The van der Waals surface area contributed by atoms with E-state index in [-0.39, 0.29) is 18.3 Å². The van der Waals surface area contributed by atoms with Gasteiger partial charge in [-0.3, -0.25) is 4.79 Å². The zero-order chi connectivity index (χ0) is 15.2. The Kier molecular flexibility index (Phi) is 5.18. The standard InChI is InChI=1S/C13H12BrN3O3S/c14-8-5-6-21-12(8)13(18)16-9-3-1-2-4-10(9)20-7-11(15)17-19/h1-6,19H,7H2,(H2,15,17)(H,16,18). The SMILES string of the molecule is NC(COc1ccccc1NC(=O)c1sccc1Br)=NO. The number of amidine groups is 1. The lowest BCUT2D eigenvalue weighted by molar-refractivity contribution is 0.102. The maximum atomic E-state index is 12.2. The number of hydrogen-bond donors (Lipinski definition) is 3. The van der Waals surface area contributed by atoms with Gasteiger partial charge in [0.25, 0.3) is 5.91 Å². The van der Waals surface area contributed by atoms with Crippen LogP contribution in [0.25, 0.3) is 0 Å². The topological polar surface area (TPSA) is 96.9 Å². The molecule has 4 N–H and O–H groups in total. The lowest BCUT2D eigenvalue weighted by Gasteiger charge is -2.11. The van der Waals surface area contributed by atoms with Crippen LogP contribution in [-0.4, -0.2) is 23.6 Å². The van der Waals surface area contributed by atoms with Crippen LogP contribution in [0.5, 0.6) is 5.75 Å². The van der Waals surface area contributed by atoms with Gasteiger partial charge >= 0.3 is 0 Å². The normalized spacial score (nSPS) is 11.2. The van der Waals surface area contributed by atoms with Gasteiger partial charge in [0, 0.05) is 4.47 Å². The highest BCUT2D eigenvalue weighted by molar-refractivity contribution is 9.10. The summed E-state index contributed by atoms with van der Waals surface area (Å²) in [5, 5.41) is 15.9. The van der Waals surface area contributed by atoms with Crippen molar-refractivity contribution in [2.45, 2.75) is 0 Å². The third-order valence-electron chi connectivity index (χ3n) is 2.46. The lowest BCUT2D eigenvalue weighted by Crippen LogP contribution is -2.21. The van der Waals surface area contributed by atoms with E-state index in [1.807, 2.05) is 5.38 Å². The number of para-hydroxylation sites is 2. The predicted molar refractivity (Wildman–Crippen MR) is 85.3 cm³/mol. The molecule has 0 spiro atoms. The third kappa shape index (κ3) is 3.96. The highest BCUT2D eigenvalue weighted by atomic mass is 79.9. The minimum Gasteiger partial charge on any atom is -0.483 e. The fraction of sp³-hybridized carbons (Fsp3) is 0.0769. The second-order valence-corrected chi connectivity index (χ2v) is 5.70. The number of nitrogens with two attached hydrogens (primary N) is 1. The summed E-state index contributed by atoms with van der Waals surface area (Å²) >= 11 is 4.65. The van der Waals surface area contributed by atoms with E-state index in [1.165, 1.54) is 11.3 Å². The molecule has 1 aromatic heterocycles. The average molecular weight is 370 g/mol. The monoisotopic (exact) mass is 369 g/mol. The van der Waals surface area contributed by atoms with Crippen molar-refractivity contribution < 1.29 is 14.7 Å². The summed E-state index contributed by atoms with van der Waals surface area (Å²) in [6, 6.07) is 8.74. The Balaban J connectivity index is 2.13. The maximum absolute atomic E-state index is 12.2. The van der Waals surface area contributed by atoms with Crippen molar-refractivity contribution in [3.05, 3.63) is 45.1 Å². The zero-order valence-corrected chi connectivity index (χ0v) is 13.1. The molecule has 21 heavy (non-hydrogen) atoms. The molecule has 0 saturated heterocycles. The molecule has 0 bridgehead atoms. The average Bonchev–Trinajstić information content (AvgIpc) is 2.92. The second-order valence-electron chi connectivity index (χ2n) is 3.93. The molecular formula is C13H12BrN3O3S. The molecule has 0 unspecified atom stereocenters.